The molecular weight excluding hydrogens is 520 g/mol. The number of nitriles is 1. The summed E-state index contributed by atoms with van der Waals surface area (Å²) in [5, 5.41) is 10.2. The van der Waals surface area contributed by atoms with E-state index >= 15 is 0 Å². The Morgan fingerprint density at radius 1 is 1.10 bits per heavy atom. The molecule has 2 aromatic carbocycles. The number of esters is 1. The van der Waals surface area contributed by atoms with Crippen molar-refractivity contribution in [2.45, 2.75) is 43.9 Å². The van der Waals surface area contributed by atoms with Crippen molar-refractivity contribution >= 4 is 11.9 Å². The summed E-state index contributed by atoms with van der Waals surface area (Å²) in [5.41, 5.74) is -4.39. The molecule has 0 radical (unpaired) electrons. The molecule has 39 heavy (non-hydrogen) atoms. The Morgan fingerprint density at radius 2 is 1.74 bits per heavy atom. The second-order valence-corrected chi connectivity index (χ2v) is 9.33. The predicted molar refractivity (Wildman–Crippen MR) is 132 cm³/mol. The summed E-state index contributed by atoms with van der Waals surface area (Å²) in [6, 6.07) is 12.5. The first-order valence-corrected chi connectivity index (χ1v) is 12.3. The Kier molecular flexibility index (Phi) is 9.22. The van der Waals surface area contributed by atoms with Crippen LogP contribution in [0.1, 0.15) is 43.2 Å². The van der Waals surface area contributed by atoms with E-state index in [0.29, 0.717) is 5.56 Å². The second-order valence-electron chi connectivity index (χ2n) is 9.33. The van der Waals surface area contributed by atoms with E-state index in [-0.39, 0.29) is 50.3 Å². The molecule has 1 aliphatic rings. The Bertz CT molecular complexity index is 1210. The number of likely N-dealkylation sites (tertiary alicyclic amines) is 1. The Labute approximate surface area is 224 Å². The smallest absolute Gasteiger partial charge is 0.430 e. The number of benzene rings is 2. The summed E-state index contributed by atoms with van der Waals surface area (Å²) >= 11 is 0. The summed E-state index contributed by atoms with van der Waals surface area (Å²) in [6.45, 7) is 1.35. The Hall–Kier alpha value is -3.65. The highest BCUT2D eigenvalue weighted by Gasteiger charge is 2.64. The first-order valence-electron chi connectivity index (χ1n) is 12.3. The van der Waals surface area contributed by atoms with Gasteiger partial charge in [0.15, 0.2) is 0 Å². The molecule has 1 fully saturated rings. The summed E-state index contributed by atoms with van der Waals surface area (Å²) in [7, 11) is 2.15. The van der Waals surface area contributed by atoms with Crippen LogP contribution in [-0.4, -0.2) is 56.9 Å². The van der Waals surface area contributed by atoms with Gasteiger partial charge in [-0.25, -0.2) is 4.39 Å². The fourth-order valence-corrected chi connectivity index (χ4v) is 5.31. The van der Waals surface area contributed by atoms with E-state index in [4.69, 9.17) is 14.2 Å². The zero-order valence-corrected chi connectivity index (χ0v) is 21.9. The molecule has 210 valence electrons. The van der Waals surface area contributed by atoms with Crippen LogP contribution in [0.2, 0.25) is 0 Å². The van der Waals surface area contributed by atoms with Crippen LogP contribution in [0.3, 0.4) is 0 Å². The third-order valence-corrected chi connectivity index (χ3v) is 7.28. The number of hydrogen-bond donors (Lipinski definition) is 0. The zero-order valence-electron chi connectivity index (χ0n) is 21.9. The zero-order chi connectivity index (χ0) is 28.8. The number of carbonyl (C=O) groups is 2. The van der Waals surface area contributed by atoms with Gasteiger partial charge in [0.05, 0.1) is 32.1 Å². The maximum absolute atomic E-state index is 14.5. The van der Waals surface area contributed by atoms with Crippen molar-refractivity contribution in [2.75, 3.05) is 33.9 Å². The number of halogens is 4. The van der Waals surface area contributed by atoms with Crippen molar-refractivity contribution in [2.24, 2.45) is 5.41 Å². The largest absolute Gasteiger partial charge is 0.496 e. The van der Waals surface area contributed by atoms with Crippen molar-refractivity contribution < 1.29 is 41.4 Å². The topological polar surface area (TPSA) is 88.9 Å². The summed E-state index contributed by atoms with van der Waals surface area (Å²) in [6.07, 6.45) is -5.29. The number of nitrogens with zero attached hydrogens (tertiary/aromatic N) is 2. The van der Waals surface area contributed by atoms with Crippen molar-refractivity contribution in [3.05, 3.63) is 65.5 Å². The van der Waals surface area contributed by atoms with Crippen molar-refractivity contribution in [3.63, 3.8) is 0 Å². The van der Waals surface area contributed by atoms with E-state index in [0.717, 1.165) is 24.1 Å². The average Bonchev–Trinajstić information content (AvgIpc) is 2.90. The van der Waals surface area contributed by atoms with Gasteiger partial charge in [0.25, 0.3) is 11.5 Å². The summed E-state index contributed by atoms with van der Waals surface area (Å²) in [4.78, 5) is 27.2. The minimum Gasteiger partial charge on any atom is -0.496 e. The number of methoxy groups -OCH3 is 2. The fourth-order valence-electron chi connectivity index (χ4n) is 5.31. The van der Waals surface area contributed by atoms with Crippen LogP contribution in [0.15, 0.2) is 48.5 Å². The Morgan fingerprint density at radius 3 is 2.26 bits per heavy atom. The van der Waals surface area contributed by atoms with Crippen LogP contribution in [0, 0.1) is 22.6 Å². The first-order chi connectivity index (χ1) is 18.5. The number of alkyl halides is 3. The molecule has 11 heteroatoms. The van der Waals surface area contributed by atoms with E-state index in [1.54, 1.807) is 6.92 Å². The lowest BCUT2D eigenvalue weighted by atomic mass is 9.64. The van der Waals surface area contributed by atoms with E-state index in [1.165, 1.54) is 43.5 Å². The van der Waals surface area contributed by atoms with Crippen molar-refractivity contribution in [3.8, 4) is 11.8 Å². The molecule has 0 saturated carbocycles. The first kappa shape index (κ1) is 29.9. The highest BCUT2D eigenvalue weighted by molar-refractivity contribution is 5.88. The average molecular weight is 551 g/mol. The lowest BCUT2D eigenvalue weighted by Crippen LogP contribution is -2.59. The number of hydrogen-bond acceptors (Lipinski definition) is 6. The van der Waals surface area contributed by atoms with Gasteiger partial charge in [-0.1, -0.05) is 36.4 Å². The second kappa shape index (κ2) is 12.0. The van der Waals surface area contributed by atoms with Gasteiger partial charge in [-0.05, 0) is 25.8 Å². The number of amides is 1. The highest BCUT2D eigenvalue weighted by atomic mass is 19.4. The predicted octanol–water partition coefficient (Wildman–Crippen LogP) is 5.11. The molecule has 1 unspecified atom stereocenters. The van der Waals surface area contributed by atoms with Gasteiger partial charge in [-0.2, -0.15) is 18.4 Å². The lowest BCUT2D eigenvalue weighted by Gasteiger charge is -2.46. The molecule has 7 nitrogen and oxygen atoms in total. The summed E-state index contributed by atoms with van der Waals surface area (Å²) < 4.78 is 72.7. The van der Waals surface area contributed by atoms with Gasteiger partial charge in [0.1, 0.15) is 11.6 Å². The third-order valence-electron chi connectivity index (χ3n) is 7.28. The van der Waals surface area contributed by atoms with Gasteiger partial charge >= 0.3 is 12.1 Å². The molecule has 1 heterocycles. The van der Waals surface area contributed by atoms with Crippen LogP contribution in [0.5, 0.6) is 5.75 Å². The highest BCUT2D eigenvalue weighted by Crippen LogP contribution is 2.51. The van der Waals surface area contributed by atoms with Crippen molar-refractivity contribution in [1.82, 2.24) is 4.90 Å². The van der Waals surface area contributed by atoms with E-state index < -0.39 is 40.8 Å². The Balaban J connectivity index is 2.01. The molecule has 0 aliphatic carbocycles. The monoisotopic (exact) mass is 550 g/mol. The molecule has 1 amide bonds. The number of ether oxygens (including phenoxy) is 3. The van der Waals surface area contributed by atoms with Crippen LogP contribution in [-0.2, 0) is 24.7 Å². The fraction of sp³-hybridized carbons (Fsp3) is 0.464. The minimum absolute atomic E-state index is 0.00273. The molecule has 3 rings (SSSR count). The molecule has 2 atom stereocenters. The maximum Gasteiger partial charge on any atom is 0.430 e. The molecule has 0 spiro atoms. The molecule has 0 aromatic heterocycles. The lowest BCUT2D eigenvalue weighted by molar-refractivity contribution is -0.271. The van der Waals surface area contributed by atoms with Crippen LogP contribution in [0.25, 0.3) is 0 Å². The third kappa shape index (κ3) is 5.71. The van der Waals surface area contributed by atoms with Crippen LogP contribution >= 0.6 is 0 Å². The van der Waals surface area contributed by atoms with Gasteiger partial charge in [0.2, 0.25) is 0 Å². The van der Waals surface area contributed by atoms with E-state index in [9.17, 15) is 32.4 Å². The van der Waals surface area contributed by atoms with Gasteiger partial charge < -0.3 is 19.1 Å². The standard InChI is InChI=1S/C28H30F4N2O5/c1-4-39-24(35)17-26(22(18-33)21-11-10-20(29)16-23(21)37-2)12-14-34(15-13-26)25(36)27(38-3,28(30,31)32)19-8-6-5-7-9-19/h5-11,16,22H,4,12-15,17H2,1-3H3/t22?,27-/m1/s1. The van der Waals surface area contributed by atoms with Crippen molar-refractivity contribution in [1.29, 1.82) is 5.26 Å². The quantitative estimate of drug-likeness (QED) is 0.319. The van der Waals surface area contributed by atoms with Gasteiger partial charge in [-0.3, -0.25) is 9.59 Å². The molecular formula is C28H30F4N2O5. The van der Waals surface area contributed by atoms with Crippen LogP contribution < -0.4 is 4.74 Å². The minimum atomic E-state index is -5.07. The maximum atomic E-state index is 14.5. The molecule has 0 bridgehead atoms. The molecule has 1 aliphatic heterocycles. The van der Waals surface area contributed by atoms with Gasteiger partial charge in [0, 0.05) is 42.8 Å². The molecule has 1 saturated heterocycles. The number of carbonyl (C=O) groups excluding carboxylic acids is 2. The van der Waals surface area contributed by atoms with E-state index in [2.05, 4.69) is 6.07 Å². The molecule has 0 N–H and O–H groups in total. The number of rotatable bonds is 9. The summed E-state index contributed by atoms with van der Waals surface area (Å²) in [5.74, 6) is -3.37. The van der Waals surface area contributed by atoms with Gasteiger partial charge in [-0.15, -0.1) is 0 Å². The van der Waals surface area contributed by atoms with Crippen LogP contribution in [0.4, 0.5) is 17.6 Å². The molecule has 2 aromatic rings. The SMILES string of the molecule is CCOC(=O)CC1(C(C#N)c2ccc(F)cc2OC)CCN(C(=O)[C@](OC)(c2ccccc2)C(F)(F)F)CC1. The normalized spacial score (nSPS) is 17.4. The van der Waals surface area contributed by atoms with E-state index in [1.807, 2.05) is 0 Å². The number of piperidine rings is 1.